The van der Waals surface area contributed by atoms with Crippen LogP contribution in [0.4, 0.5) is 10.5 Å². The van der Waals surface area contributed by atoms with Gasteiger partial charge in [0, 0.05) is 11.9 Å². The van der Waals surface area contributed by atoms with Gasteiger partial charge in [-0.05, 0) is 42.0 Å². The van der Waals surface area contributed by atoms with E-state index in [1.807, 2.05) is 6.26 Å². The fraction of sp³-hybridized carbons (Fsp3) is 0.357. The van der Waals surface area contributed by atoms with E-state index in [0.29, 0.717) is 0 Å². The molecule has 0 bridgehead atoms. The van der Waals surface area contributed by atoms with Crippen molar-refractivity contribution in [2.45, 2.75) is 26.7 Å². The summed E-state index contributed by atoms with van der Waals surface area (Å²) in [7, 11) is 0. The van der Waals surface area contributed by atoms with Crippen molar-refractivity contribution in [3.05, 3.63) is 34.4 Å². The lowest BCUT2D eigenvalue weighted by atomic mass is 9.96. The molecule has 0 aliphatic heterocycles. The van der Waals surface area contributed by atoms with Crippen molar-refractivity contribution in [2.75, 3.05) is 11.6 Å². The second-order valence-corrected chi connectivity index (χ2v) is 4.95. The third-order valence-electron chi connectivity index (χ3n) is 3.21. The number of amides is 2. The molecule has 0 fully saturated rings. The van der Waals surface area contributed by atoms with Gasteiger partial charge < -0.3 is 5.32 Å². The van der Waals surface area contributed by atoms with Crippen LogP contribution in [-0.4, -0.2) is 12.3 Å². The number of allylic oxidation sites excluding steroid dienone is 1. The Morgan fingerprint density at radius 1 is 1.50 bits per heavy atom. The molecule has 0 saturated heterocycles. The Morgan fingerprint density at radius 3 is 2.94 bits per heavy atom. The third kappa shape index (κ3) is 2.38. The van der Waals surface area contributed by atoms with E-state index in [1.165, 1.54) is 34.2 Å². The zero-order valence-corrected chi connectivity index (χ0v) is 11.8. The minimum absolute atomic E-state index is 0.156. The summed E-state index contributed by atoms with van der Waals surface area (Å²) < 4.78 is 2.70. The summed E-state index contributed by atoms with van der Waals surface area (Å²) in [5.41, 5.74) is 5.91. The molecular formula is C14H18N2OS. The topological polar surface area (TPSA) is 41.1 Å². The summed E-state index contributed by atoms with van der Waals surface area (Å²) in [6.07, 6.45) is 7.93. The first kappa shape index (κ1) is 13.0. The first-order chi connectivity index (χ1) is 8.67. The van der Waals surface area contributed by atoms with Gasteiger partial charge in [-0.15, -0.1) is 0 Å². The van der Waals surface area contributed by atoms with Crippen LogP contribution in [0.2, 0.25) is 0 Å². The molecule has 0 atom stereocenters. The normalized spacial score (nSPS) is 12.4. The van der Waals surface area contributed by atoms with Gasteiger partial charge in [0.2, 0.25) is 0 Å². The summed E-state index contributed by atoms with van der Waals surface area (Å²) in [6, 6.07) is 2.05. The number of benzene rings is 1. The lowest BCUT2D eigenvalue weighted by Crippen LogP contribution is -2.24. The van der Waals surface area contributed by atoms with Gasteiger partial charge in [0.1, 0.15) is 0 Å². The van der Waals surface area contributed by atoms with Crippen molar-refractivity contribution in [3.63, 3.8) is 0 Å². The van der Waals surface area contributed by atoms with E-state index < -0.39 is 0 Å². The molecule has 0 aromatic heterocycles. The largest absolute Gasteiger partial charge is 0.329 e. The van der Waals surface area contributed by atoms with E-state index >= 15 is 0 Å². The first-order valence-corrected chi connectivity index (χ1v) is 7.31. The molecule has 1 aromatic rings. The maximum absolute atomic E-state index is 11.7. The molecule has 0 saturated carbocycles. The Morgan fingerprint density at radius 2 is 2.28 bits per heavy atom. The highest BCUT2D eigenvalue weighted by molar-refractivity contribution is 7.97. The van der Waals surface area contributed by atoms with E-state index in [1.54, 1.807) is 0 Å². The molecule has 1 aliphatic rings. The fourth-order valence-electron chi connectivity index (χ4n) is 2.44. The maximum Gasteiger partial charge on any atom is 0.329 e. The molecule has 0 heterocycles. The number of hydrogen-bond acceptors (Lipinski definition) is 2. The van der Waals surface area contributed by atoms with E-state index in [0.717, 1.165) is 18.5 Å². The van der Waals surface area contributed by atoms with Gasteiger partial charge in [-0.25, -0.2) is 4.79 Å². The molecule has 4 heteroatoms. The molecule has 2 N–H and O–H groups in total. The molecule has 0 spiro atoms. The number of anilines is 1. The van der Waals surface area contributed by atoms with Crippen molar-refractivity contribution < 1.29 is 4.79 Å². The third-order valence-corrected chi connectivity index (χ3v) is 3.60. The van der Waals surface area contributed by atoms with Gasteiger partial charge in [-0.3, -0.25) is 4.72 Å². The van der Waals surface area contributed by atoms with Crippen LogP contribution in [0.25, 0.3) is 6.08 Å². The Kier molecular flexibility index (Phi) is 3.97. The van der Waals surface area contributed by atoms with Crippen LogP contribution in [0.15, 0.2) is 12.1 Å². The molecule has 1 aliphatic carbocycles. The second-order valence-electron chi connectivity index (χ2n) is 4.34. The van der Waals surface area contributed by atoms with Gasteiger partial charge in [0.05, 0.1) is 0 Å². The van der Waals surface area contributed by atoms with Crippen LogP contribution in [0.5, 0.6) is 0 Å². The predicted octanol–water partition coefficient (Wildman–Crippen LogP) is 3.53. The molecule has 2 amide bonds. The number of carbonyl (C=O) groups excluding carboxylic acids is 1. The van der Waals surface area contributed by atoms with Gasteiger partial charge in [-0.1, -0.05) is 37.1 Å². The number of aryl methyl sites for hydroxylation is 1. The number of nitrogens with one attached hydrogen (secondary N) is 2. The zero-order valence-electron chi connectivity index (χ0n) is 11.0. The number of urea groups is 1. The molecule has 2 rings (SSSR count). The summed E-state index contributed by atoms with van der Waals surface area (Å²) >= 11 is 1.30. The van der Waals surface area contributed by atoms with Gasteiger partial charge in [-0.2, -0.15) is 0 Å². The average molecular weight is 262 g/mol. The molecule has 18 heavy (non-hydrogen) atoms. The lowest BCUT2D eigenvalue weighted by molar-refractivity contribution is 0.257. The average Bonchev–Trinajstić information content (AvgIpc) is 2.77. The number of fused-ring (bicyclic) bond motifs is 1. The number of hydrogen-bond donors (Lipinski definition) is 2. The summed E-state index contributed by atoms with van der Waals surface area (Å²) in [5.74, 6) is 0. The highest BCUT2D eigenvalue weighted by atomic mass is 32.2. The van der Waals surface area contributed by atoms with Gasteiger partial charge in [0.15, 0.2) is 0 Å². The van der Waals surface area contributed by atoms with E-state index in [4.69, 9.17) is 0 Å². The zero-order chi connectivity index (χ0) is 13.1. The van der Waals surface area contributed by atoms with Gasteiger partial charge in [0.25, 0.3) is 0 Å². The Bertz CT molecular complexity index is 505. The Balaban J connectivity index is 2.41. The highest BCUT2D eigenvalue weighted by Gasteiger charge is 2.17. The number of carbonyl (C=O) groups is 1. The molecule has 3 nitrogen and oxygen atoms in total. The van der Waals surface area contributed by atoms with E-state index in [2.05, 4.69) is 42.1 Å². The van der Waals surface area contributed by atoms with E-state index in [9.17, 15) is 4.79 Å². The monoisotopic (exact) mass is 262 g/mol. The highest BCUT2D eigenvalue weighted by Crippen LogP contribution is 2.33. The molecular weight excluding hydrogens is 244 g/mol. The molecule has 0 radical (unpaired) electrons. The lowest BCUT2D eigenvalue weighted by Gasteiger charge is -2.17. The van der Waals surface area contributed by atoms with Crippen molar-refractivity contribution in [3.8, 4) is 0 Å². The molecule has 0 unspecified atom stereocenters. The van der Waals surface area contributed by atoms with Crippen molar-refractivity contribution in [2.24, 2.45) is 0 Å². The predicted molar refractivity (Wildman–Crippen MR) is 79.0 cm³/mol. The van der Waals surface area contributed by atoms with Crippen molar-refractivity contribution in [1.29, 1.82) is 0 Å². The Hall–Kier alpha value is -1.42. The first-order valence-electron chi connectivity index (χ1n) is 6.09. The van der Waals surface area contributed by atoms with Gasteiger partial charge >= 0.3 is 6.03 Å². The standard InChI is InChI=1S/C14H18N2OS/c1-4-11-9(2)8-10-6-5-7-12(10)13(11)15-14(17)16-18-3/h5-6,8H,4,7H2,1-3H3,(H2,15,16,17). The summed E-state index contributed by atoms with van der Waals surface area (Å²) in [4.78, 5) is 11.7. The fourth-order valence-corrected chi connectivity index (χ4v) is 2.68. The van der Waals surface area contributed by atoms with Crippen LogP contribution in [-0.2, 0) is 12.8 Å². The van der Waals surface area contributed by atoms with Crippen molar-refractivity contribution >= 4 is 29.7 Å². The maximum atomic E-state index is 11.7. The van der Waals surface area contributed by atoms with Crippen LogP contribution in [0.3, 0.4) is 0 Å². The van der Waals surface area contributed by atoms with E-state index in [-0.39, 0.29) is 6.03 Å². The smallest absolute Gasteiger partial charge is 0.307 e. The number of rotatable bonds is 3. The van der Waals surface area contributed by atoms with Crippen LogP contribution in [0, 0.1) is 6.92 Å². The minimum atomic E-state index is -0.156. The summed E-state index contributed by atoms with van der Waals surface area (Å²) in [6.45, 7) is 4.22. The van der Waals surface area contributed by atoms with Crippen LogP contribution < -0.4 is 10.0 Å². The quantitative estimate of drug-likeness (QED) is 0.818. The second kappa shape index (κ2) is 5.48. The summed E-state index contributed by atoms with van der Waals surface area (Å²) in [5, 5.41) is 2.99. The Labute approximate surface area is 112 Å². The van der Waals surface area contributed by atoms with Crippen molar-refractivity contribution in [1.82, 2.24) is 4.72 Å². The van der Waals surface area contributed by atoms with Crippen LogP contribution in [0.1, 0.15) is 29.2 Å². The van der Waals surface area contributed by atoms with Crippen LogP contribution >= 0.6 is 11.9 Å². The minimum Gasteiger partial charge on any atom is -0.307 e. The molecule has 96 valence electrons. The SMILES string of the molecule is CCc1c(C)cc2c(c1NC(=O)NSC)CC=C2. The molecule has 1 aromatic carbocycles.